The van der Waals surface area contributed by atoms with Gasteiger partial charge in [0.15, 0.2) is 0 Å². The third-order valence-electron chi connectivity index (χ3n) is 2.98. The maximum atomic E-state index is 8.84. The zero-order chi connectivity index (χ0) is 13.7. The number of aliphatic hydroxyl groups is 1. The van der Waals surface area contributed by atoms with Crippen LogP contribution in [0.4, 0.5) is 0 Å². The minimum atomic E-state index is 0.114. The smallest absolute Gasteiger partial charge is 0.0640 e. The fourth-order valence-corrected chi connectivity index (χ4v) is 2.30. The van der Waals surface area contributed by atoms with Crippen molar-refractivity contribution >= 4 is 15.9 Å². The van der Waals surface area contributed by atoms with Crippen LogP contribution in [-0.4, -0.2) is 21.5 Å². The molecule has 2 rings (SSSR count). The van der Waals surface area contributed by atoms with E-state index in [2.05, 4.69) is 45.4 Å². The molecule has 0 aliphatic heterocycles. The second-order valence-electron chi connectivity index (χ2n) is 4.49. The molecule has 0 aliphatic carbocycles. The summed E-state index contributed by atoms with van der Waals surface area (Å²) < 4.78 is 2.84. The number of aliphatic hydroxyl groups excluding tert-OH is 1. The molecule has 0 fully saturated rings. The van der Waals surface area contributed by atoms with Gasteiger partial charge in [-0.3, -0.25) is 4.68 Å². The van der Waals surface area contributed by atoms with Crippen LogP contribution in [0.5, 0.6) is 0 Å². The van der Waals surface area contributed by atoms with E-state index < -0.39 is 0 Å². The Morgan fingerprint density at radius 1 is 1.47 bits per heavy atom. The Kier molecular flexibility index (Phi) is 5.13. The monoisotopic (exact) mass is 323 g/mol. The van der Waals surface area contributed by atoms with Gasteiger partial charge in [-0.2, -0.15) is 5.10 Å². The molecular formula is C14H18BrN3O. The second kappa shape index (κ2) is 6.84. The lowest BCUT2D eigenvalue weighted by Gasteiger charge is -2.13. The highest BCUT2D eigenvalue weighted by atomic mass is 79.9. The van der Waals surface area contributed by atoms with Crippen LogP contribution in [0.15, 0.2) is 41.1 Å². The lowest BCUT2D eigenvalue weighted by Crippen LogP contribution is -2.17. The van der Waals surface area contributed by atoms with Crippen molar-refractivity contribution in [3.8, 4) is 0 Å². The first-order valence-corrected chi connectivity index (χ1v) is 7.09. The van der Waals surface area contributed by atoms with Crippen LogP contribution in [-0.2, 0) is 13.1 Å². The highest BCUT2D eigenvalue weighted by Crippen LogP contribution is 2.18. The normalized spacial score (nSPS) is 12.6. The minimum Gasteiger partial charge on any atom is -0.394 e. The van der Waals surface area contributed by atoms with Crippen molar-refractivity contribution in [3.63, 3.8) is 0 Å². The van der Waals surface area contributed by atoms with Crippen molar-refractivity contribution in [1.29, 1.82) is 0 Å². The molecule has 19 heavy (non-hydrogen) atoms. The van der Waals surface area contributed by atoms with E-state index in [1.807, 2.05) is 24.5 Å². The highest BCUT2D eigenvalue weighted by molar-refractivity contribution is 9.10. The molecule has 5 heteroatoms. The molecule has 0 unspecified atom stereocenters. The van der Waals surface area contributed by atoms with E-state index in [0.717, 1.165) is 16.6 Å². The maximum absolute atomic E-state index is 8.84. The fraction of sp³-hybridized carbons (Fsp3) is 0.357. The molecule has 0 radical (unpaired) electrons. The molecule has 0 aliphatic rings. The van der Waals surface area contributed by atoms with Crippen molar-refractivity contribution in [2.75, 3.05) is 6.61 Å². The van der Waals surface area contributed by atoms with Crippen molar-refractivity contribution in [3.05, 3.63) is 52.3 Å². The molecule has 1 aromatic heterocycles. The molecule has 1 heterocycles. The first kappa shape index (κ1) is 14.2. The number of hydrogen-bond donors (Lipinski definition) is 2. The van der Waals surface area contributed by atoms with E-state index in [4.69, 9.17) is 5.11 Å². The van der Waals surface area contributed by atoms with Gasteiger partial charge < -0.3 is 10.4 Å². The van der Waals surface area contributed by atoms with Gasteiger partial charge >= 0.3 is 0 Å². The molecule has 1 atom stereocenters. The number of benzene rings is 1. The van der Waals surface area contributed by atoms with Gasteiger partial charge in [0.25, 0.3) is 0 Å². The summed E-state index contributed by atoms with van der Waals surface area (Å²) in [6, 6.07) is 8.56. The number of hydrogen-bond acceptors (Lipinski definition) is 3. The molecule has 2 aromatic rings. The molecule has 0 saturated heterocycles. The van der Waals surface area contributed by atoms with Gasteiger partial charge in [-0.05, 0) is 24.6 Å². The third kappa shape index (κ3) is 4.16. The summed E-state index contributed by atoms with van der Waals surface area (Å²) in [6.07, 6.45) is 3.78. The van der Waals surface area contributed by atoms with Crippen molar-refractivity contribution in [2.24, 2.45) is 0 Å². The number of rotatable bonds is 6. The number of aromatic nitrogens is 2. The summed E-state index contributed by atoms with van der Waals surface area (Å²) in [4.78, 5) is 0. The Bertz CT molecular complexity index is 527. The highest BCUT2D eigenvalue weighted by Gasteiger charge is 2.06. The second-order valence-corrected chi connectivity index (χ2v) is 5.41. The van der Waals surface area contributed by atoms with Gasteiger partial charge in [-0.15, -0.1) is 0 Å². The number of nitrogens with zero attached hydrogens (tertiary/aromatic N) is 2. The van der Waals surface area contributed by atoms with Crippen LogP contribution in [0.1, 0.15) is 24.1 Å². The van der Waals surface area contributed by atoms with Gasteiger partial charge in [-0.1, -0.05) is 28.1 Å². The molecule has 1 aromatic carbocycles. The summed E-state index contributed by atoms with van der Waals surface area (Å²) in [7, 11) is 0. The summed E-state index contributed by atoms with van der Waals surface area (Å²) in [5.74, 6) is 0. The van der Waals surface area contributed by atoms with Crippen LogP contribution in [0, 0.1) is 0 Å². The van der Waals surface area contributed by atoms with Gasteiger partial charge in [0.2, 0.25) is 0 Å². The first-order chi connectivity index (χ1) is 9.19. The Hall–Kier alpha value is -1.17. The number of nitrogens with one attached hydrogen (secondary N) is 1. The van der Waals surface area contributed by atoms with E-state index in [1.165, 1.54) is 5.56 Å². The average molecular weight is 324 g/mol. The van der Waals surface area contributed by atoms with E-state index >= 15 is 0 Å². The summed E-state index contributed by atoms with van der Waals surface area (Å²) >= 11 is 3.48. The summed E-state index contributed by atoms with van der Waals surface area (Å²) in [5, 5.41) is 16.5. The predicted molar refractivity (Wildman–Crippen MR) is 78.7 cm³/mol. The molecule has 2 N–H and O–H groups in total. The molecular weight excluding hydrogens is 306 g/mol. The Morgan fingerprint density at radius 2 is 2.32 bits per heavy atom. The predicted octanol–water partition coefficient (Wildman–Crippen LogP) is 2.49. The van der Waals surface area contributed by atoms with Crippen molar-refractivity contribution in [2.45, 2.75) is 26.1 Å². The van der Waals surface area contributed by atoms with Crippen LogP contribution >= 0.6 is 15.9 Å². The third-order valence-corrected chi connectivity index (χ3v) is 3.47. The van der Waals surface area contributed by atoms with Gasteiger partial charge in [0.05, 0.1) is 19.3 Å². The lowest BCUT2D eigenvalue weighted by atomic mass is 10.1. The van der Waals surface area contributed by atoms with Crippen molar-refractivity contribution in [1.82, 2.24) is 15.1 Å². The van der Waals surface area contributed by atoms with E-state index in [1.54, 1.807) is 4.68 Å². The van der Waals surface area contributed by atoms with Crippen LogP contribution in [0.3, 0.4) is 0 Å². The summed E-state index contributed by atoms with van der Waals surface area (Å²) in [5.41, 5.74) is 2.37. The van der Waals surface area contributed by atoms with E-state index in [-0.39, 0.29) is 12.6 Å². The minimum absolute atomic E-state index is 0.114. The molecule has 0 amide bonds. The Balaban J connectivity index is 1.90. The summed E-state index contributed by atoms with van der Waals surface area (Å²) in [6.45, 7) is 3.56. The standard InChI is InChI=1S/C14H18BrN3O/c1-11(13-3-2-4-14(15)7-13)16-8-12-9-17-18(10-12)5-6-19/h2-4,7,9-11,16,19H,5-6,8H2,1H3/t11-/m1/s1. The quantitative estimate of drug-likeness (QED) is 0.858. The SMILES string of the molecule is C[C@@H](NCc1cnn(CCO)c1)c1cccc(Br)c1. The Morgan fingerprint density at radius 3 is 3.05 bits per heavy atom. The molecule has 4 nitrogen and oxygen atoms in total. The topological polar surface area (TPSA) is 50.1 Å². The zero-order valence-electron chi connectivity index (χ0n) is 10.9. The lowest BCUT2D eigenvalue weighted by molar-refractivity contribution is 0.269. The number of halogens is 1. The molecule has 102 valence electrons. The zero-order valence-corrected chi connectivity index (χ0v) is 12.5. The maximum Gasteiger partial charge on any atom is 0.0640 e. The van der Waals surface area contributed by atoms with E-state index in [0.29, 0.717) is 6.54 Å². The van der Waals surface area contributed by atoms with Gasteiger partial charge in [0.1, 0.15) is 0 Å². The fourth-order valence-electron chi connectivity index (χ4n) is 1.89. The van der Waals surface area contributed by atoms with Gasteiger partial charge in [-0.25, -0.2) is 0 Å². The molecule has 0 bridgehead atoms. The van der Waals surface area contributed by atoms with Crippen LogP contribution in [0.2, 0.25) is 0 Å². The van der Waals surface area contributed by atoms with Crippen LogP contribution in [0.25, 0.3) is 0 Å². The van der Waals surface area contributed by atoms with Gasteiger partial charge in [0, 0.05) is 28.8 Å². The largest absolute Gasteiger partial charge is 0.394 e. The first-order valence-electron chi connectivity index (χ1n) is 6.30. The Labute approximate surface area is 121 Å². The molecule has 0 saturated carbocycles. The molecule has 0 spiro atoms. The van der Waals surface area contributed by atoms with Crippen molar-refractivity contribution < 1.29 is 5.11 Å². The van der Waals surface area contributed by atoms with E-state index in [9.17, 15) is 0 Å². The van der Waals surface area contributed by atoms with Crippen LogP contribution < -0.4 is 5.32 Å². The average Bonchev–Trinajstić information content (AvgIpc) is 2.84.